The summed E-state index contributed by atoms with van der Waals surface area (Å²) in [5.41, 5.74) is 4.24. The standard InChI is InChI=1S/C25H26FN5O2/c1-16(2)29-24(32)11-23-21-14-31(30-22(21)8-9-27-23)13-19-10-17(3)25(28-12-19)33-15-18-4-6-20(26)7-5-18/h4-10,12,14,16H,11,13,15H2,1-3H3,(H,29,32). The van der Waals surface area contributed by atoms with E-state index in [1.54, 1.807) is 24.5 Å². The Hall–Kier alpha value is -3.81. The van der Waals surface area contributed by atoms with E-state index in [9.17, 15) is 9.18 Å². The Bertz CT molecular complexity index is 1270. The Labute approximate surface area is 191 Å². The molecule has 7 nitrogen and oxygen atoms in total. The minimum Gasteiger partial charge on any atom is -0.473 e. The number of aromatic nitrogens is 4. The van der Waals surface area contributed by atoms with E-state index in [2.05, 4.69) is 20.4 Å². The number of rotatable bonds is 8. The summed E-state index contributed by atoms with van der Waals surface area (Å²) in [6, 6.07) is 10.1. The number of carbonyl (C=O) groups is 1. The zero-order valence-electron chi connectivity index (χ0n) is 18.9. The van der Waals surface area contributed by atoms with Gasteiger partial charge in [-0.1, -0.05) is 12.1 Å². The third-order valence-electron chi connectivity index (χ3n) is 5.06. The van der Waals surface area contributed by atoms with Gasteiger partial charge in [-0.05, 0) is 56.2 Å². The summed E-state index contributed by atoms with van der Waals surface area (Å²) < 4.78 is 20.7. The lowest BCUT2D eigenvalue weighted by atomic mass is 10.2. The Kier molecular flexibility index (Phi) is 6.63. The predicted octanol–water partition coefficient (Wildman–Crippen LogP) is 3.97. The van der Waals surface area contributed by atoms with Crippen LogP contribution in [0.1, 0.15) is 36.2 Å². The Morgan fingerprint density at radius 3 is 2.67 bits per heavy atom. The van der Waals surface area contributed by atoms with E-state index in [-0.39, 0.29) is 24.2 Å². The molecule has 0 spiro atoms. The van der Waals surface area contributed by atoms with Crippen molar-refractivity contribution in [2.45, 2.75) is 46.4 Å². The van der Waals surface area contributed by atoms with Gasteiger partial charge >= 0.3 is 0 Å². The van der Waals surface area contributed by atoms with E-state index < -0.39 is 0 Å². The summed E-state index contributed by atoms with van der Waals surface area (Å²) in [7, 11) is 0. The summed E-state index contributed by atoms with van der Waals surface area (Å²) in [6.07, 6.45) is 5.56. The van der Waals surface area contributed by atoms with Crippen LogP contribution in [-0.4, -0.2) is 31.7 Å². The second-order valence-electron chi connectivity index (χ2n) is 8.30. The van der Waals surface area contributed by atoms with Crippen LogP contribution in [-0.2, 0) is 24.4 Å². The van der Waals surface area contributed by atoms with Crippen LogP contribution in [0.25, 0.3) is 10.9 Å². The Morgan fingerprint density at radius 1 is 1.15 bits per heavy atom. The maximum absolute atomic E-state index is 13.0. The molecular formula is C25H26FN5O2. The topological polar surface area (TPSA) is 81.9 Å². The normalized spacial score (nSPS) is 11.2. The molecule has 0 bridgehead atoms. The molecule has 4 rings (SSSR count). The van der Waals surface area contributed by atoms with E-state index in [1.165, 1.54) is 12.1 Å². The molecule has 0 aliphatic heterocycles. The SMILES string of the molecule is Cc1cc(Cn2cc3c(CC(=O)NC(C)C)nccc3n2)cnc1OCc1ccc(F)cc1. The third-order valence-corrected chi connectivity index (χ3v) is 5.06. The van der Waals surface area contributed by atoms with Crippen molar-refractivity contribution >= 4 is 16.8 Å². The van der Waals surface area contributed by atoms with Gasteiger partial charge in [0.2, 0.25) is 11.8 Å². The molecule has 8 heteroatoms. The highest BCUT2D eigenvalue weighted by molar-refractivity contribution is 5.86. The molecule has 1 aromatic carbocycles. The number of nitrogens with zero attached hydrogens (tertiary/aromatic N) is 4. The minimum atomic E-state index is -0.273. The fourth-order valence-corrected chi connectivity index (χ4v) is 3.57. The monoisotopic (exact) mass is 447 g/mol. The summed E-state index contributed by atoms with van der Waals surface area (Å²) >= 11 is 0. The molecule has 0 saturated heterocycles. The van der Waals surface area contributed by atoms with Gasteiger partial charge in [-0.2, -0.15) is 5.10 Å². The largest absolute Gasteiger partial charge is 0.473 e. The second-order valence-corrected chi connectivity index (χ2v) is 8.30. The van der Waals surface area contributed by atoms with E-state index in [1.807, 2.05) is 43.8 Å². The van der Waals surface area contributed by atoms with Crippen LogP contribution in [0.3, 0.4) is 0 Å². The fraction of sp³-hybridized carbons (Fsp3) is 0.280. The maximum atomic E-state index is 13.0. The predicted molar refractivity (Wildman–Crippen MR) is 123 cm³/mol. The zero-order valence-corrected chi connectivity index (χ0v) is 18.9. The van der Waals surface area contributed by atoms with E-state index in [4.69, 9.17) is 4.74 Å². The first-order valence-electron chi connectivity index (χ1n) is 10.8. The van der Waals surface area contributed by atoms with Crippen LogP contribution in [0.4, 0.5) is 4.39 Å². The van der Waals surface area contributed by atoms with E-state index in [0.29, 0.717) is 24.7 Å². The van der Waals surface area contributed by atoms with E-state index >= 15 is 0 Å². The number of fused-ring (bicyclic) bond motifs is 1. The fourth-order valence-electron chi connectivity index (χ4n) is 3.57. The van der Waals surface area contributed by atoms with Crippen molar-refractivity contribution in [1.29, 1.82) is 0 Å². The van der Waals surface area contributed by atoms with Crippen molar-refractivity contribution in [2.75, 3.05) is 0 Å². The number of amides is 1. The van der Waals surface area contributed by atoms with Gasteiger partial charge in [-0.15, -0.1) is 0 Å². The number of hydrogen-bond acceptors (Lipinski definition) is 5. The number of pyridine rings is 2. The average Bonchev–Trinajstić information content (AvgIpc) is 3.17. The van der Waals surface area contributed by atoms with Gasteiger partial charge in [0.05, 0.1) is 24.2 Å². The van der Waals surface area contributed by atoms with E-state index in [0.717, 1.165) is 27.6 Å². The quantitative estimate of drug-likeness (QED) is 0.442. The molecule has 0 atom stereocenters. The van der Waals surface area contributed by atoms with Crippen molar-refractivity contribution < 1.29 is 13.9 Å². The number of ether oxygens (including phenoxy) is 1. The molecule has 170 valence electrons. The van der Waals surface area contributed by atoms with Gasteiger partial charge in [0.25, 0.3) is 0 Å². The number of aryl methyl sites for hydroxylation is 1. The van der Waals surface area contributed by atoms with Crippen LogP contribution < -0.4 is 10.1 Å². The maximum Gasteiger partial charge on any atom is 0.226 e. The van der Waals surface area contributed by atoms with Crippen LogP contribution in [0, 0.1) is 12.7 Å². The molecule has 0 saturated carbocycles. The Morgan fingerprint density at radius 2 is 1.94 bits per heavy atom. The number of benzene rings is 1. The molecule has 0 fully saturated rings. The lowest BCUT2D eigenvalue weighted by Gasteiger charge is -2.10. The van der Waals surface area contributed by atoms with Crippen molar-refractivity contribution in [3.8, 4) is 5.88 Å². The smallest absolute Gasteiger partial charge is 0.226 e. The van der Waals surface area contributed by atoms with Crippen molar-refractivity contribution in [2.24, 2.45) is 0 Å². The van der Waals surface area contributed by atoms with Crippen LogP contribution in [0.15, 0.2) is 55.0 Å². The van der Waals surface area contributed by atoms with Crippen LogP contribution in [0.2, 0.25) is 0 Å². The number of hydrogen-bond donors (Lipinski definition) is 1. The molecular weight excluding hydrogens is 421 g/mol. The van der Waals surface area contributed by atoms with Crippen molar-refractivity contribution in [3.63, 3.8) is 0 Å². The molecule has 33 heavy (non-hydrogen) atoms. The second kappa shape index (κ2) is 9.77. The lowest BCUT2D eigenvalue weighted by Crippen LogP contribution is -2.31. The van der Waals surface area contributed by atoms with Gasteiger partial charge in [-0.25, -0.2) is 9.37 Å². The molecule has 0 aliphatic carbocycles. The van der Waals surface area contributed by atoms with Gasteiger partial charge in [0, 0.05) is 35.6 Å². The van der Waals surface area contributed by atoms with Crippen LogP contribution in [0.5, 0.6) is 5.88 Å². The molecule has 4 aromatic rings. The number of nitrogens with one attached hydrogen (secondary N) is 1. The van der Waals surface area contributed by atoms with Crippen molar-refractivity contribution in [1.82, 2.24) is 25.1 Å². The number of carbonyl (C=O) groups excluding carboxylic acids is 1. The first kappa shape index (κ1) is 22.4. The molecule has 1 amide bonds. The highest BCUT2D eigenvalue weighted by Gasteiger charge is 2.13. The van der Waals surface area contributed by atoms with Gasteiger partial charge in [0.1, 0.15) is 12.4 Å². The van der Waals surface area contributed by atoms with Gasteiger partial charge in [0.15, 0.2) is 0 Å². The minimum absolute atomic E-state index is 0.0613. The molecule has 3 heterocycles. The van der Waals surface area contributed by atoms with Gasteiger partial charge in [-0.3, -0.25) is 14.5 Å². The molecule has 0 unspecified atom stereocenters. The summed E-state index contributed by atoms with van der Waals surface area (Å²) in [5, 5.41) is 8.38. The zero-order chi connectivity index (χ0) is 23.4. The molecule has 1 N–H and O–H groups in total. The summed E-state index contributed by atoms with van der Waals surface area (Å²) in [4.78, 5) is 21.0. The Balaban J connectivity index is 1.45. The molecule has 0 radical (unpaired) electrons. The lowest BCUT2D eigenvalue weighted by molar-refractivity contribution is -0.120. The summed E-state index contributed by atoms with van der Waals surface area (Å²) in [6.45, 7) is 6.64. The molecule has 3 aromatic heterocycles. The third kappa shape index (κ3) is 5.71. The number of halogens is 1. The van der Waals surface area contributed by atoms with Crippen LogP contribution >= 0.6 is 0 Å². The average molecular weight is 448 g/mol. The highest BCUT2D eigenvalue weighted by atomic mass is 19.1. The van der Waals surface area contributed by atoms with Gasteiger partial charge < -0.3 is 10.1 Å². The van der Waals surface area contributed by atoms with Crippen molar-refractivity contribution in [3.05, 3.63) is 83.2 Å². The first-order valence-corrected chi connectivity index (χ1v) is 10.8. The first-order chi connectivity index (χ1) is 15.9. The highest BCUT2D eigenvalue weighted by Crippen LogP contribution is 2.20. The summed E-state index contributed by atoms with van der Waals surface area (Å²) in [5.74, 6) is 0.204. The molecule has 0 aliphatic rings.